The summed E-state index contributed by atoms with van der Waals surface area (Å²) in [6, 6.07) is 15.8. The van der Waals surface area contributed by atoms with Crippen molar-refractivity contribution in [2.24, 2.45) is 0 Å². The number of nitrogens with zero attached hydrogens (tertiary/aromatic N) is 2. The van der Waals surface area contributed by atoms with Crippen LogP contribution in [0.15, 0.2) is 53.1 Å². The summed E-state index contributed by atoms with van der Waals surface area (Å²) in [4.78, 5) is 14.7. The number of rotatable bonds is 2. The summed E-state index contributed by atoms with van der Waals surface area (Å²) in [6.45, 7) is 2.60. The number of carbonyl (C=O) groups is 1. The van der Waals surface area contributed by atoms with E-state index in [1.54, 1.807) is 0 Å². The molecule has 1 atom stereocenters. The molecule has 0 saturated carbocycles. The smallest absolute Gasteiger partial charge is 0.322 e. The fourth-order valence-electron chi connectivity index (χ4n) is 3.38. The van der Waals surface area contributed by atoms with Gasteiger partial charge < -0.3 is 14.7 Å². The van der Waals surface area contributed by atoms with Gasteiger partial charge in [0.1, 0.15) is 11.5 Å². The molecule has 1 unspecified atom stereocenters. The van der Waals surface area contributed by atoms with E-state index in [-0.39, 0.29) is 12.1 Å². The Morgan fingerprint density at radius 3 is 2.92 bits per heavy atom. The van der Waals surface area contributed by atoms with E-state index >= 15 is 0 Å². The molecule has 0 spiro atoms. The zero-order valence-electron chi connectivity index (χ0n) is 13.5. The first-order chi connectivity index (χ1) is 11.7. The highest BCUT2D eigenvalue weighted by Gasteiger charge is 2.32. The summed E-state index contributed by atoms with van der Waals surface area (Å²) in [7, 11) is 0. The maximum absolute atomic E-state index is 12.8. The van der Waals surface area contributed by atoms with Crippen molar-refractivity contribution in [3.8, 4) is 0 Å². The lowest BCUT2D eigenvalue weighted by Gasteiger charge is -2.23. The van der Waals surface area contributed by atoms with E-state index in [9.17, 15) is 4.79 Å². The second kappa shape index (κ2) is 6.00. The van der Waals surface area contributed by atoms with Crippen molar-refractivity contribution < 1.29 is 9.32 Å². The standard InChI is InChI=1S/C19H19N3O2/c1-13-12-17(21-24-13)18-10-5-11-22(18)19(23)20-16-9-4-7-14-6-2-3-8-15(14)16/h2-4,6-9,12,18H,5,10-11H2,1H3,(H,20,23). The number of anilines is 1. The van der Waals surface area contributed by atoms with E-state index in [2.05, 4.69) is 10.5 Å². The van der Waals surface area contributed by atoms with Gasteiger partial charge in [0, 0.05) is 18.0 Å². The number of aromatic nitrogens is 1. The highest BCUT2D eigenvalue weighted by Crippen LogP contribution is 2.32. The van der Waals surface area contributed by atoms with Crippen LogP contribution in [0.1, 0.15) is 30.3 Å². The Morgan fingerprint density at radius 2 is 2.08 bits per heavy atom. The van der Waals surface area contributed by atoms with E-state index in [0.717, 1.165) is 47.3 Å². The number of aryl methyl sites for hydroxylation is 1. The number of nitrogens with one attached hydrogen (secondary N) is 1. The topological polar surface area (TPSA) is 58.4 Å². The molecule has 5 nitrogen and oxygen atoms in total. The largest absolute Gasteiger partial charge is 0.361 e. The van der Waals surface area contributed by atoms with Gasteiger partial charge in [-0.05, 0) is 31.2 Å². The van der Waals surface area contributed by atoms with Crippen molar-refractivity contribution in [2.75, 3.05) is 11.9 Å². The van der Waals surface area contributed by atoms with Crippen molar-refractivity contribution in [3.05, 3.63) is 60.0 Å². The molecule has 24 heavy (non-hydrogen) atoms. The first-order valence-corrected chi connectivity index (χ1v) is 8.21. The van der Waals surface area contributed by atoms with Gasteiger partial charge in [0.25, 0.3) is 0 Å². The Kier molecular flexibility index (Phi) is 3.69. The molecule has 5 heteroatoms. The Morgan fingerprint density at radius 1 is 1.25 bits per heavy atom. The molecular formula is C19H19N3O2. The SMILES string of the molecule is Cc1cc(C2CCCN2C(=O)Nc2cccc3ccccc23)no1. The molecule has 1 fully saturated rings. The van der Waals surface area contributed by atoms with Gasteiger partial charge in [0.2, 0.25) is 0 Å². The molecule has 1 saturated heterocycles. The predicted molar refractivity (Wildman–Crippen MR) is 92.9 cm³/mol. The van der Waals surface area contributed by atoms with Crippen LogP contribution in [0.5, 0.6) is 0 Å². The summed E-state index contributed by atoms with van der Waals surface area (Å²) < 4.78 is 5.17. The molecule has 122 valence electrons. The van der Waals surface area contributed by atoms with Crippen molar-refractivity contribution in [1.29, 1.82) is 0 Å². The number of benzene rings is 2. The molecule has 2 amide bonds. The first-order valence-electron chi connectivity index (χ1n) is 8.21. The second-order valence-electron chi connectivity index (χ2n) is 6.17. The van der Waals surface area contributed by atoms with Gasteiger partial charge in [-0.2, -0.15) is 0 Å². The number of hydrogen-bond acceptors (Lipinski definition) is 3. The molecule has 2 aromatic carbocycles. The van der Waals surface area contributed by atoms with Crippen LogP contribution < -0.4 is 5.32 Å². The van der Waals surface area contributed by atoms with Crippen LogP contribution in [0.4, 0.5) is 10.5 Å². The molecule has 1 N–H and O–H groups in total. The Bertz CT molecular complexity index is 882. The zero-order chi connectivity index (χ0) is 16.5. The summed E-state index contributed by atoms with van der Waals surface area (Å²) in [5.41, 5.74) is 1.66. The van der Waals surface area contributed by atoms with E-state index in [1.807, 2.05) is 60.4 Å². The minimum Gasteiger partial charge on any atom is -0.361 e. The molecule has 2 heterocycles. The molecule has 1 aliphatic heterocycles. The Balaban J connectivity index is 1.59. The average molecular weight is 321 g/mol. The number of urea groups is 1. The van der Waals surface area contributed by atoms with Crippen LogP contribution in [0.3, 0.4) is 0 Å². The Labute approximate surface area is 140 Å². The molecular weight excluding hydrogens is 302 g/mol. The minimum atomic E-state index is -0.0884. The van der Waals surface area contributed by atoms with Crippen LogP contribution in [-0.4, -0.2) is 22.6 Å². The summed E-state index contributed by atoms with van der Waals surface area (Å²) in [5.74, 6) is 0.770. The van der Waals surface area contributed by atoms with Gasteiger partial charge in [0.05, 0.1) is 11.7 Å². The lowest BCUT2D eigenvalue weighted by molar-refractivity contribution is 0.204. The van der Waals surface area contributed by atoms with Crippen molar-refractivity contribution >= 4 is 22.5 Å². The normalized spacial score (nSPS) is 17.4. The minimum absolute atomic E-state index is 0.0163. The van der Waals surface area contributed by atoms with Gasteiger partial charge in [-0.1, -0.05) is 41.6 Å². The molecule has 0 radical (unpaired) electrons. The molecule has 0 bridgehead atoms. The highest BCUT2D eigenvalue weighted by molar-refractivity contribution is 6.01. The monoisotopic (exact) mass is 321 g/mol. The van der Waals surface area contributed by atoms with Gasteiger partial charge >= 0.3 is 6.03 Å². The molecule has 1 aliphatic rings. The van der Waals surface area contributed by atoms with Crippen LogP contribution in [0.2, 0.25) is 0 Å². The second-order valence-corrected chi connectivity index (χ2v) is 6.17. The number of carbonyl (C=O) groups excluding carboxylic acids is 1. The van der Waals surface area contributed by atoms with Crippen LogP contribution in [0.25, 0.3) is 10.8 Å². The predicted octanol–water partition coefficient (Wildman–Crippen LogP) is 4.51. The molecule has 3 aromatic rings. The van der Waals surface area contributed by atoms with Gasteiger partial charge in [-0.25, -0.2) is 4.79 Å². The van der Waals surface area contributed by atoms with Crippen LogP contribution >= 0.6 is 0 Å². The maximum Gasteiger partial charge on any atom is 0.322 e. The lowest BCUT2D eigenvalue weighted by Crippen LogP contribution is -2.34. The zero-order valence-corrected chi connectivity index (χ0v) is 13.5. The van der Waals surface area contributed by atoms with Crippen molar-refractivity contribution in [2.45, 2.75) is 25.8 Å². The number of likely N-dealkylation sites (tertiary alicyclic amines) is 1. The van der Waals surface area contributed by atoms with E-state index in [0.29, 0.717) is 0 Å². The lowest BCUT2D eigenvalue weighted by atomic mass is 10.1. The molecule has 1 aromatic heterocycles. The summed E-state index contributed by atoms with van der Waals surface area (Å²) >= 11 is 0. The van der Waals surface area contributed by atoms with E-state index < -0.39 is 0 Å². The van der Waals surface area contributed by atoms with Gasteiger partial charge in [-0.3, -0.25) is 0 Å². The highest BCUT2D eigenvalue weighted by atomic mass is 16.5. The average Bonchev–Trinajstić information content (AvgIpc) is 3.24. The van der Waals surface area contributed by atoms with Crippen molar-refractivity contribution in [1.82, 2.24) is 10.1 Å². The summed E-state index contributed by atoms with van der Waals surface area (Å²) in [5, 5.41) is 9.31. The third-order valence-electron chi connectivity index (χ3n) is 4.53. The van der Waals surface area contributed by atoms with Crippen LogP contribution in [0, 0.1) is 6.92 Å². The van der Waals surface area contributed by atoms with Gasteiger partial charge in [0.15, 0.2) is 0 Å². The third kappa shape index (κ3) is 2.62. The third-order valence-corrected chi connectivity index (χ3v) is 4.53. The number of hydrogen-bond donors (Lipinski definition) is 1. The van der Waals surface area contributed by atoms with E-state index in [4.69, 9.17) is 4.52 Å². The summed E-state index contributed by atoms with van der Waals surface area (Å²) in [6.07, 6.45) is 1.88. The van der Waals surface area contributed by atoms with E-state index in [1.165, 1.54) is 0 Å². The van der Waals surface area contributed by atoms with Crippen LogP contribution in [-0.2, 0) is 0 Å². The quantitative estimate of drug-likeness (QED) is 0.755. The van der Waals surface area contributed by atoms with Gasteiger partial charge in [-0.15, -0.1) is 0 Å². The first kappa shape index (κ1) is 14.8. The molecule has 0 aliphatic carbocycles. The maximum atomic E-state index is 12.8. The fraction of sp³-hybridized carbons (Fsp3) is 0.263. The number of amides is 2. The fourth-order valence-corrected chi connectivity index (χ4v) is 3.38. The number of fused-ring (bicyclic) bond motifs is 1. The Hall–Kier alpha value is -2.82. The molecule has 4 rings (SSSR count). The van der Waals surface area contributed by atoms with Crippen molar-refractivity contribution in [3.63, 3.8) is 0 Å².